The SMILES string of the molecule is C=C(C)C=CC(=CC)COc1cnn(C(C)(C)C)c(=O)c1Cl. The zero-order valence-electron chi connectivity index (χ0n) is 13.8. The first-order chi connectivity index (χ1) is 10.2. The monoisotopic (exact) mass is 322 g/mol. The van der Waals surface area contributed by atoms with Gasteiger partial charge in [0, 0.05) is 0 Å². The van der Waals surface area contributed by atoms with Crippen molar-refractivity contribution in [2.24, 2.45) is 0 Å². The molecule has 0 bridgehead atoms. The van der Waals surface area contributed by atoms with E-state index >= 15 is 0 Å². The minimum Gasteiger partial charge on any atom is -0.485 e. The molecule has 0 spiro atoms. The van der Waals surface area contributed by atoms with E-state index in [2.05, 4.69) is 11.7 Å². The molecule has 0 aliphatic carbocycles. The highest BCUT2D eigenvalue weighted by molar-refractivity contribution is 6.31. The number of rotatable bonds is 5. The van der Waals surface area contributed by atoms with Gasteiger partial charge in [-0.25, -0.2) is 4.68 Å². The lowest BCUT2D eigenvalue weighted by molar-refractivity contribution is 0.319. The van der Waals surface area contributed by atoms with Gasteiger partial charge in [-0.3, -0.25) is 4.79 Å². The Morgan fingerprint density at radius 2 is 2.09 bits per heavy atom. The van der Waals surface area contributed by atoms with Crippen LogP contribution in [-0.4, -0.2) is 16.4 Å². The highest BCUT2D eigenvalue weighted by atomic mass is 35.5. The summed E-state index contributed by atoms with van der Waals surface area (Å²) in [5.74, 6) is 0.287. The molecule has 0 amide bonds. The van der Waals surface area contributed by atoms with Gasteiger partial charge < -0.3 is 4.74 Å². The number of aromatic nitrogens is 2. The molecule has 0 aliphatic heterocycles. The molecule has 1 aromatic rings. The van der Waals surface area contributed by atoms with E-state index in [1.165, 1.54) is 10.9 Å². The summed E-state index contributed by atoms with van der Waals surface area (Å²) >= 11 is 6.11. The van der Waals surface area contributed by atoms with E-state index in [0.717, 1.165) is 11.1 Å². The van der Waals surface area contributed by atoms with Crippen molar-refractivity contribution in [2.75, 3.05) is 6.61 Å². The molecular weight excluding hydrogens is 300 g/mol. The Morgan fingerprint density at radius 3 is 2.59 bits per heavy atom. The molecule has 4 nitrogen and oxygen atoms in total. The lowest BCUT2D eigenvalue weighted by atomic mass is 10.1. The van der Waals surface area contributed by atoms with Crippen LogP contribution in [0.5, 0.6) is 5.75 Å². The second-order valence-corrected chi connectivity index (χ2v) is 6.42. The molecule has 0 aliphatic rings. The van der Waals surface area contributed by atoms with Gasteiger partial charge in [0.05, 0.1) is 11.7 Å². The van der Waals surface area contributed by atoms with Gasteiger partial charge in [0.2, 0.25) is 0 Å². The summed E-state index contributed by atoms with van der Waals surface area (Å²) in [5.41, 5.74) is 1.12. The Labute approximate surface area is 136 Å². The molecule has 5 heteroatoms. The predicted octanol–water partition coefficient (Wildman–Crippen LogP) is 4.11. The molecule has 120 valence electrons. The summed E-state index contributed by atoms with van der Waals surface area (Å²) in [6.07, 6.45) is 7.22. The first-order valence-corrected chi connectivity index (χ1v) is 7.44. The highest BCUT2D eigenvalue weighted by Crippen LogP contribution is 2.21. The quantitative estimate of drug-likeness (QED) is 0.766. The molecule has 22 heavy (non-hydrogen) atoms. The van der Waals surface area contributed by atoms with Crippen LogP contribution in [0.25, 0.3) is 0 Å². The standard InChI is InChI=1S/C17H23ClN2O2/c1-7-13(9-8-12(2)3)11-22-14-10-19-20(17(4,5)6)16(21)15(14)18/h7-10H,2,11H2,1,3-6H3. The van der Waals surface area contributed by atoms with Crippen LogP contribution in [0.1, 0.15) is 34.6 Å². The van der Waals surface area contributed by atoms with Gasteiger partial charge in [0.1, 0.15) is 6.61 Å². The second kappa shape index (κ2) is 7.45. The van der Waals surface area contributed by atoms with Crippen molar-refractivity contribution in [2.45, 2.75) is 40.2 Å². The Balaban J connectivity index is 2.95. The molecule has 0 aromatic carbocycles. The molecule has 0 unspecified atom stereocenters. The fourth-order valence-corrected chi connectivity index (χ4v) is 1.82. The van der Waals surface area contributed by atoms with E-state index in [-0.39, 0.29) is 16.3 Å². The summed E-state index contributed by atoms with van der Waals surface area (Å²) in [7, 11) is 0. The van der Waals surface area contributed by atoms with Crippen molar-refractivity contribution in [3.05, 3.63) is 57.5 Å². The topological polar surface area (TPSA) is 44.1 Å². The molecule has 0 atom stereocenters. The zero-order valence-corrected chi connectivity index (χ0v) is 14.6. The fraction of sp³-hybridized carbons (Fsp3) is 0.412. The molecule has 1 rings (SSSR count). The van der Waals surface area contributed by atoms with E-state index in [0.29, 0.717) is 6.61 Å². The van der Waals surface area contributed by atoms with Crippen molar-refractivity contribution < 1.29 is 4.74 Å². The normalized spacial score (nSPS) is 12.7. The van der Waals surface area contributed by atoms with Gasteiger partial charge in [-0.1, -0.05) is 42.0 Å². The molecule has 0 saturated heterocycles. The third-order valence-corrected chi connectivity index (χ3v) is 3.22. The van der Waals surface area contributed by atoms with Crippen LogP contribution < -0.4 is 10.3 Å². The smallest absolute Gasteiger partial charge is 0.289 e. The predicted molar refractivity (Wildman–Crippen MR) is 91.7 cm³/mol. The molecule has 0 N–H and O–H groups in total. The maximum absolute atomic E-state index is 12.2. The number of hydrogen-bond donors (Lipinski definition) is 0. The number of halogens is 1. The average molecular weight is 323 g/mol. The number of nitrogens with zero attached hydrogens (tertiary/aromatic N) is 2. The lowest BCUT2D eigenvalue weighted by Crippen LogP contribution is -2.36. The third kappa shape index (κ3) is 4.88. The van der Waals surface area contributed by atoms with Gasteiger partial charge in [-0.2, -0.15) is 5.10 Å². The fourth-order valence-electron chi connectivity index (χ4n) is 1.63. The van der Waals surface area contributed by atoms with Gasteiger partial charge in [-0.05, 0) is 40.2 Å². The average Bonchev–Trinajstić information content (AvgIpc) is 2.41. The van der Waals surface area contributed by atoms with Gasteiger partial charge >= 0.3 is 0 Å². The maximum Gasteiger partial charge on any atom is 0.289 e. The van der Waals surface area contributed by atoms with Crippen molar-refractivity contribution in [3.8, 4) is 5.75 Å². The summed E-state index contributed by atoms with van der Waals surface area (Å²) in [6, 6.07) is 0. The van der Waals surface area contributed by atoms with Crippen LogP contribution in [0.3, 0.4) is 0 Å². The van der Waals surface area contributed by atoms with Crippen LogP contribution in [0.15, 0.2) is 46.9 Å². The first kappa shape index (κ1) is 18.2. The van der Waals surface area contributed by atoms with E-state index in [1.807, 2.05) is 52.8 Å². The number of hydrogen-bond acceptors (Lipinski definition) is 3. The first-order valence-electron chi connectivity index (χ1n) is 7.06. The van der Waals surface area contributed by atoms with E-state index in [9.17, 15) is 4.79 Å². The third-order valence-electron chi connectivity index (χ3n) is 2.87. The van der Waals surface area contributed by atoms with Crippen molar-refractivity contribution in [1.29, 1.82) is 0 Å². The Hall–Kier alpha value is -1.81. The van der Waals surface area contributed by atoms with Crippen LogP contribution in [0, 0.1) is 0 Å². The molecule has 1 heterocycles. The lowest BCUT2D eigenvalue weighted by Gasteiger charge is -2.21. The minimum absolute atomic E-state index is 0.0456. The number of ether oxygens (including phenoxy) is 1. The van der Waals surface area contributed by atoms with Crippen molar-refractivity contribution >= 4 is 11.6 Å². The Bertz CT molecular complexity index is 664. The summed E-state index contributed by atoms with van der Waals surface area (Å²) in [6.45, 7) is 13.6. The van der Waals surface area contributed by atoms with Crippen LogP contribution >= 0.6 is 11.6 Å². The van der Waals surface area contributed by atoms with Crippen LogP contribution in [0.2, 0.25) is 5.02 Å². The second-order valence-electron chi connectivity index (χ2n) is 6.04. The summed E-state index contributed by atoms with van der Waals surface area (Å²) in [4.78, 5) is 12.2. The van der Waals surface area contributed by atoms with Crippen LogP contribution in [-0.2, 0) is 5.54 Å². The molecule has 0 fully saturated rings. The summed E-state index contributed by atoms with van der Waals surface area (Å²) < 4.78 is 6.96. The minimum atomic E-state index is -0.433. The molecule has 0 radical (unpaired) electrons. The van der Waals surface area contributed by atoms with Crippen molar-refractivity contribution in [3.63, 3.8) is 0 Å². The van der Waals surface area contributed by atoms with Crippen LogP contribution in [0.4, 0.5) is 0 Å². The Morgan fingerprint density at radius 1 is 1.45 bits per heavy atom. The Kier molecular flexibility index (Phi) is 6.18. The van der Waals surface area contributed by atoms with Gasteiger partial charge in [0.25, 0.3) is 5.56 Å². The van der Waals surface area contributed by atoms with E-state index in [1.54, 1.807) is 0 Å². The van der Waals surface area contributed by atoms with Gasteiger partial charge in [0.15, 0.2) is 10.8 Å². The van der Waals surface area contributed by atoms with Gasteiger partial charge in [-0.15, -0.1) is 0 Å². The molecule has 1 aromatic heterocycles. The largest absolute Gasteiger partial charge is 0.485 e. The molecular formula is C17H23ClN2O2. The maximum atomic E-state index is 12.2. The van der Waals surface area contributed by atoms with E-state index in [4.69, 9.17) is 16.3 Å². The number of allylic oxidation sites excluding steroid dienone is 3. The van der Waals surface area contributed by atoms with E-state index < -0.39 is 5.54 Å². The zero-order chi connectivity index (χ0) is 16.9. The highest BCUT2D eigenvalue weighted by Gasteiger charge is 2.19. The molecule has 0 saturated carbocycles. The van der Waals surface area contributed by atoms with Crippen molar-refractivity contribution in [1.82, 2.24) is 9.78 Å². The summed E-state index contributed by atoms with van der Waals surface area (Å²) in [5, 5.41) is 4.18.